The molecule has 4 amide bonds. The number of nitrogens with zero attached hydrogens (tertiary/aromatic N) is 1. The van der Waals surface area contributed by atoms with Crippen molar-refractivity contribution in [2.45, 2.75) is 77.6 Å². The predicted molar refractivity (Wildman–Crippen MR) is 157 cm³/mol. The molecule has 10 heteroatoms. The Hall–Kier alpha value is -4.52. The summed E-state index contributed by atoms with van der Waals surface area (Å²) in [6.07, 6.45) is 4.66. The zero-order chi connectivity index (χ0) is 31.0. The molecule has 0 radical (unpaired) electrons. The van der Waals surface area contributed by atoms with E-state index in [1.807, 2.05) is 0 Å². The average molecular weight is 565 g/mol. The van der Waals surface area contributed by atoms with Gasteiger partial charge in [-0.25, -0.2) is 4.79 Å². The first-order chi connectivity index (χ1) is 19.1. The topological polar surface area (TPSA) is 140 Å². The number of amides is 4. The number of nitrogens with one attached hydrogen (secondary N) is 2. The molecule has 0 bridgehead atoms. The van der Waals surface area contributed by atoms with Crippen LogP contribution in [0.15, 0.2) is 48.5 Å². The number of hydrogen-bond acceptors (Lipinski definition) is 6. The molecule has 0 aliphatic rings. The van der Waals surface area contributed by atoms with Gasteiger partial charge in [0.1, 0.15) is 23.4 Å². The van der Waals surface area contributed by atoms with Gasteiger partial charge in [0.15, 0.2) is 0 Å². The predicted octanol–water partition coefficient (Wildman–Crippen LogP) is 4.14. The van der Waals surface area contributed by atoms with Crippen LogP contribution in [0, 0.1) is 12.3 Å². The van der Waals surface area contributed by atoms with Crippen LogP contribution in [0.4, 0.5) is 10.5 Å². The first-order valence-corrected chi connectivity index (χ1v) is 13.2. The highest BCUT2D eigenvalue weighted by Gasteiger charge is 2.42. The van der Waals surface area contributed by atoms with Gasteiger partial charge in [-0.2, -0.15) is 0 Å². The van der Waals surface area contributed by atoms with E-state index in [2.05, 4.69) is 16.6 Å². The number of ether oxygens (including phenoxy) is 2. The molecule has 220 valence electrons. The van der Waals surface area contributed by atoms with Gasteiger partial charge >= 0.3 is 6.09 Å². The van der Waals surface area contributed by atoms with Crippen LogP contribution in [-0.4, -0.2) is 53.0 Å². The lowest BCUT2D eigenvalue weighted by Gasteiger charge is -2.43. The Kier molecular flexibility index (Phi) is 10.9. The summed E-state index contributed by atoms with van der Waals surface area (Å²) in [5.41, 5.74) is 4.88. The molecular formula is C31H40N4O6. The minimum Gasteiger partial charge on any atom is -0.497 e. The van der Waals surface area contributed by atoms with Crippen molar-refractivity contribution in [1.82, 2.24) is 10.2 Å². The third-order valence-corrected chi connectivity index (χ3v) is 5.90. The third-order valence-electron chi connectivity index (χ3n) is 5.90. The summed E-state index contributed by atoms with van der Waals surface area (Å²) in [4.78, 5) is 54.1. The van der Waals surface area contributed by atoms with E-state index in [-0.39, 0.29) is 12.8 Å². The van der Waals surface area contributed by atoms with Crippen LogP contribution in [0.2, 0.25) is 0 Å². The van der Waals surface area contributed by atoms with Gasteiger partial charge in [-0.15, -0.1) is 6.42 Å². The maximum Gasteiger partial charge on any atom is 0.408 e. The lowest BCUT2D eigenvalue weighted by molar-refractivity contribution is -0.147. The molecule has 0 saturated carbocycles. The Balaban J connectivity index is 2.64. The quantitative estimate of drug-likeness (QED) is 0.371. The fourth-order valence-corrected chi connectivity index (χ4v) is 4.16. The molecule has 2 unspecified atom stereocenters. The molecule has 0 aliphatic carbocycles. The Morgan fingerprint density at radius 2 is 1.61 bits per heavy atom. The first kappa shape index (κ1) is 32.7. The molecular weight excluding hydrogens is 524 g/mol. The van der Waals surface area contributed by atoms with Gasteiger partial charge in [-0.1, -0.05) is 24.1 Å². The normalized spacial score (nSPS) is 12.7. The van der Waals surface area contributed by atoms with Crippen LogP contribution in [-0.2, 0) is 19.1 Å². The Morgan fingerprint density at radius 1 is 1.00 bits per heavy atom. The van der Waals surface area contributed by atoms with Gasteiger partial charge in [0, 0.05) is 23.2 Å². The number of benzene rings is 2. The number of alkyl carbamates (subject to hydrolysis) is 1. The summed E-state index contributed by atoms with van der Waals surface area (Å²) in [5.74, 6) is 1.40. The Bertz CT molecular complexity index is 1290. The number of nitrogens with two attached hydrogens (primary N) is 1. The number of carbonyl (C=O) groups excluding carboxylic acids is 4. The second-order valence-corrected chi connectivity index (χ2v) is 11.4. The van der Waals surface area contributed by atoms with Crippen molar-refractivity contribution >= 4 is 29.5 Å². The van der Waals surface area contributed by atoms with Gasteiger partial charge < -0.3 is 30.7 Å². The number of rotatable bonds is 10. The zero-order valence-corrected chi connectivity index (χ0v) is 24.7. The Morgan fingerprint density at radius 3 is 2.12 bits per heavy atom. The highest BCUT2D eigenvalue weighted by molar-refractivity contribution is 5.99. The molecule has 0 heterocycles. The number of terminal acetylenes is 1. The molecule has 2 atom stereocenters. The SMILES string of the molecule is C#Cc1ccccc1C(C(=O)Nc1ccc(OC)cc1)N(C(=O)C(CCC(N)=O)NC(=O)OC(C)(C)C)C(C)(C)C. The summed E-state index contributed by atoms with van der Waals surface area (Å²) in [5, 5.41) is 5.44. The van der Waals surface area contributed by atoms with Crippen LogP contribution in [0.25, 0.3) is 0 Å². The third kappa shape index (κ3) is 9.57. The summed E-state index contributed by atoms with van der Waals surface area (Å²) >= 11 is 0. The molecule has 2 aromatic carbocycles. The molecule has 10 nitrogen and oxygen atoms in total. The molecule has 4 N–H and O–H groups in total. The summed E-state index contributed by atoms with van der Waals surface area (Å²) in [6.45, 7) is 10.3. The van der Waals surface area contributed by atoms with Crippen molar-refractivity contribution in [2.75, 3.05) is 12.4 Å². The van der Waals surface area contributed by atoms with Crippen molar-refractivity contribution in [3.05, 3.63) is 59.7 Å². The van der Waals surface area contributed by atoms with Crippen LogP contribution < -0.4 is 21.1 Å². The molecule has 0 aromatic heterocycles. The number of hydrogen-bond donors (Lipinski definition) is 3. The van der Waals surface area contributed by atoms with Crippen molar-refractivity contribution in [3.63, 3.8) is 0 Å². The standard InChI is InChI=1S/C31H40N4O6/c1-9-20-12-10-11-13-23(20)26(27(37)33-21-14-16-22(40-8)17-15-21)35(30(2,3)4)28(38)24(18-19-25(32)36)34-29(39)41-31(5,6)7/h1,10-17,24,26H,18-19H2,2-8H3,(H2,32,36)(H,33,37)(H,34,39). The summed E-state index contributed by atoms with van der Waals surface area (Å²) in [6, 6.07) is 11.1. The summed E-state index contributed by atoms with van der Waals surface area (Å²) in [7, 11) is 1.53. The fourth-order valence-electron chi connectivity index (χ4n) is 4.16. The second-order valence-electron chi connectivity index (χ2n) is 11.4. The van der Waals surface area contributed by atoms with Crippen molar-refractivity contribution in [1.29, 1.82) is 0 Å². The molecule has 0 saturated heterocycles. The van der Waals surface area contributed by atoms with E-state index in [1.165, 1.54) is 12.0 Å². The number of methoxy groups -OCH3 is 1. The van der Waals surface area contributed by atoms with Crippen molar-refractivity contribution in [3.8, 4) is 18.1 Å². The monoisotopic (exact) mass is 564 g/mol. The van der Waals surface area contributed by atoms with Crippen LogP contribution in [0.3, 0.4) is 0 Å². The molecule has 0 aliphatic heterocycles. The lowest BCUT2D eigenvalue weighted by atomic mass is 9.92. The minimum atomic E-state index is -1.23. The highest BCUT2D eigenvalue weighted by Crippen LogP contribution is 2.33. The van der Waals surface area contributed by atoms with E-state index in [4.69, 9.17) is 21.6 Å². The summed E-state index contributed by atoms with van der Waals surface area (Å²) < 4.78 is 10.6. The minimum absolute atomic E-state index is 0.108. The second kappa shape index (κ2) is 13.7. The van der Waals surface area contributed by atoms with Crippen LogP contribution >= 0.6 is 0 Å². The average Bonchev–Trinajstić information content (AvgIpc) is 2.87. The van der Waals surface area contributed by atoms with Crippen LogP contribution in [0.5, 0.6) is 5.75 Å². The van der Waals surface area contributed by atoms with E-state index in [1.54, 1.807) is 90.1 Å². The van der Waals surface area contributed by atoms with Gasteiger partial charge in [0.05, 0.1) is 7.11 Å². The largest absolute Gasteiger partial charge is 0.497 e. The molecule has 41 heavy (non-hydrogen) atoms. The zero-order valence-electron chi connectivity index (χ0n) is 24.7. The molecule has 0 spiro atoms. The maximum absolute atomic E-state index is 14.3. The Labute approximate surface area is 241 Å². The van der Waals surface area contributed by atoms with E-state index < -0.39 is 47.0 Å². The molecule has 2 rings (SSSR count). The highest BCUT2D eigenvalue weighted by atomic mass is 16.6. The lowest BCUT2D eigenvalue weighted by Crippen LogP contribution is -2.58. The fraction of sp³-hybridized carbons (Fsp3) is 0.419. The number of primary amides is 1. The van der Waals surface area contributed by atoms with Crippen LogP contribution in [0.1, 0.15) is 71.6 Å². The van der Waals surface area contributed by atoms with Gasteiger partial charge in [-0.05, 0) is 83.9 Å². The number of carbonyl (C=O) groups is 4. The van der Waals surface area contributed by atoms with Gasteiger partial charge in [-0.3, -0.25) is 14.4 Å². The molecule has 2 aromatic rings. The van der Waals surface area contributed by atoms with Gasteiger partial charge in [0.2, 0.25) is 11.8 Å². The van der Waals surface area contributed by atoms with E-state index >= 15 is 0 Å². The van der Waals surface area contributed by atoms with Gasteiger partial charge in [0.25, 0.3) is 5.91 Å². The van der Waals surface area contributed by atoms with E-state index in [0.717, 1.165) is 0 Å². The van der Waals surface area contributed by atoms with Crippen molar-refractivity contribution in [2.24, 2.45) is 5.73 Å². The maximum atomic E-state index is 14.3. The number of anilines is 1. The smallest absolute Gasteiger partial charge is 0.408 e. The first-order valence-electron chi connectivity index (χ1n) is 13.2. The van der Waals surface area contributed by atoms with E-state index in [9.17, 15) is 19.2 Å². The van der Waals surface area contributed by atoms with E-state index in [0.29, 0.717) is 22.6 Å². The van der Waals surface area contributed by atoms with Crippen molar-refractivity contribution < 1.29 is 28.7 Å². The molecule has 0 fully saturated rings.